The van der Waals surface area contributed by atoms with Crippen molar-refractivity contribution in [3.63, 3.8) is 0 Å². The average Bonchev–Trinajstić information content (AvgIpc) is 2.14. The van der Waals surface area contributed by atoms with Gasteiger partial charge >= 0.3 is 12.3 Å². The normalized spacial score (nSPS) is 10.1. The lowest BCUT2D eigenvalue weighted by atomic mass is 10.5. The van der Waals surface area contributed by atoms with Crippen LogP contribution in [0.4, 0.5) is 9.59 Å². The second kappa shape index (κ2) is 8.82. The highest BCUT2D eigenvalue weighted by atomic mass is 16.7. The summed E-state index contributed by atoms with van der Waals surface area (Å²) < 4.78 is 13.2. The van der Waals surface area contributed by atoms with E-state index in [0.717, 1.165) is 6.26 Å². The highest BCUT2D eigenvalue weighted by Crippen LogP contribution is 1.87. The third-order valence-corrected chi connectivity index (χ3v) is 1.14. The molecule has 0 fully saturated rings. The summed E-state index contributed by atoms with van der Waals surface area (Å²) in [5.41, 5.74) is 0. The fraction of sp³-hybridized carbons (Fsp3) is 0.500. The van der Waals surface area contributed by atoms with Crippen molar-refractivity contribution in [3.8, 4) is 0 Å². The first-order chi connectivity index (χ1) is 7.13. The molecule has 0 aliphatic heterocycles. The van der Waals surface area contributed by atoms with Crippen molar-refractivity contribution in [1.29, 1.82) is 0 Å². The predicted molar refractivity (Wildman–Crippen MR) is 47.7 cm³/mol. The Morgan fingerprint density at radius 2 is 1.87 bits per heavy atom. The standard InChI is InChI=1S/C8H12O7/c9-7(10)14-5-1-3-13-4-2-6-15-8(11)12/h1,5H,2-4,6H2,(H,9,10)(H,11,12). The van der Waals surface area contributed by atoms with E-state index in [0.29, 0.717) is 13.0 Å². The molecule has 0 rings (SSSR count). The van der Waals surface area contributed by atoms with Crippen LogP contribution in [0.1, 0.15) is 6.42 Å². The number of hydrogen-bond donors (Lipinski definition) is 2. The van der Waals surface area contributed by atoms with Crippen molar-refractivity contribution in [2.24, 2.45) is 0 Å². The molecule has 0 aromatic rings. The van der Waals surface area contributed by atoms with Crippen LogP contribution in [-0.4, -0.2) is 42.3 Å². The Hall–Kier alpha value is -1.76. The summed E-state index contributed by atoms with van der Waals surface area (Å²) in [5.74, 6) is 0. The van der Waals surface area contributed by atoms with Gasteiger partial charge < -0.3 is 24.4 Å². The predicted octanol–water partition coefficient (Wildman–Crippen LogP) is 1.30. The minimum atomic E-state index is -1.39. The van der Waals surface area contributed by atoms with Crippen LogP contribution in [-0.2, 0) is 14.2 Å². The SMILES string of the molecule is O=C(O)OC=CCOCCCOC(=O)O. The van der Waals surface area contributed by atoms with Gasteiger partial charge in [-0.3, -0.25) is 0 Å². The number of ether oxygens (including phenoxy) is 3. The van der Waals surface area contributed by atoms with E-state index in [1.807, 2.05) is 0 Å². The van der Waals surface area contributed by atoms with E-state index in [4.69, 9.17) is 14.9 Å². The highest BCUT2D eigenvalue weighted by molar-refractivity contribution is 5.57. The Kier molecular flexibility index (Phi) is 7.79. The zero-order valence-electron chi connectivity index (χ0n) is 7.92. The van der Waals surface area contributed by atoms with Crippen molar-refractivity contribution >= 4 is 12.3 Å². The van der Waals surface area contributed by atoms with E-state index in [1.165, 1.54) is 6.08 Å². The van der Waals surface area contributed by atoms with Crippen LogP contribution in [0.25, 0.3) is 0 Å². The van der Waals surface area contributed by atoms with E-state index in [2.05, 4.69) is 9.47 Å². The minimum absolute atomic E-state index is 0.0741. The maximum atomic E-state index is 9.89. The smallest absolute Gasteiger partial charge is 0.450 e. The molecular weight excluding hydrogens is 208 g/mol. The Balaban J connectivity index is 3.14. The lowest BCUT2D eigenvalue weighted by Crippen LogP contribution is -2.05. The molecule has 0 aliphatic carbocycles. The van der Waals surface area contributed by atoms with Crippen LogP contribution < -0.4 is 0 Å². The van der Waals surface area contributed by atoms with Crippen LogP contribution in [0.3, 0.4) is 0 Å². The number of carboxylic acid groups (broad SMARTS) is 2. The van der Waals surface area contributed by atoms with Crippen molar-refractivity contribution in [2.45, 2.75) is 6.42 Å². The molecule has 0 spiro atoms. The van der Waals surface area contributed by atoms with Gasteiger partial charge in [-0.15, -0.1) is 0 Å². The molecule has 7 heteroatoms. The first kappa shape index (κ1) is 13.2. The summed E-state index contributed by atoms with van der Waals surface area (Å²) in [5, 5.41) is 16.1. The van der Waals surface area contributed by atoms with Crippen LogP contribution in [0, 0.1) is 0 Å². The number of hydrogen-bond acceptors (Lipinski definition) is 5. The summed E-state index contributed by atoms with van der Waals surface area (Å²) in [4.78, 5) is 19.7. The third-order valence-electron chi connectivity index (χ3n) is 1.14. The van der Waals surface area contributed by atoms with Gasteiger partial charge in [0, 0.05) is 6.42 Å². The van der Waals surface area contributed by atoms with Gasteiger partial charge in [-0.25, -0.2) is 9.59 Å². The van der Waals surface area contributed by atoms with E-state index >= 15 is 0 Å². The average molecular weight is 220 g/mol. The molecule has 15 heavy (non-hydrogen) atoms. The van der Waals surface area contributed by atoms with E-state index in [1.54, 1.807) is 0 Å². The molecule has 0 aromatic carbocycles. The monoisotopic (exact) mass is 220 g/mol. The van der Waals surface area contributed by atoms with Gasteiger partial charge in [-0.05, 0) is 6.08 Å². The molecule has 86 valence electrons. The highest BCUT2D eigenvalue weighted by Gasteiger charge is 1.94. The molecule has 7 nitrogen and oxygen atoms in total. The maximum Gasteiger partial charge on any atom is 0.510 e. The van der Waals surface area contributed by atoms with Gasteiger partial charge in [-0.2, -0.15) is 0 Å². The first-order valence-electron chi connectivity index (χ1n) is 4.11. The fourth-order valence-electron chi connectivity index (χ4n) is 0.617. The van der Waals surface area contributed by atoms with Crippen molar-refractivity contribution in [3.05, 3.63) is 12.3 Å². The van der Waals surface area contributed by atoms with Crippen LogP contribution in [0.5, 0.6) is 0 Å². The summed E-state index contributed by atoms with van der Waals surface area (Å²) in [6.07, 6.45) is 0.119. The Morgan fingerprint density at radius 1 is 1.13 bits per heavy atom. The Morgan fingerprint density at radius 3 is 2.47 bits per heavy atom. The quantitative estimate of drug-likeness (QED) is 0.378. The van der Waals surface area contributed by atoms with Gasteiger partial charge in [0.15, 0.2) is 0 Å². The van der Waals surface area contributed by atoms with Crippen LogP contribution in [0.15, 0.2) is 12.3 Å². The molecule has 0 saturated carbocycles. The zero-order chi connectivity index (χ0) is 11.5. The van der Waals surface area contributed by atoms with E-state index < -0.39 is 12.3 Å². The zero-order valence-corrected chi connectivity index (χ0v) is 7.92. The summed E-state index contributed by atoms with van der Waals surface area (Å²) >= 11 is 0. The fourth-order valence-corrected chi connectivity index (χ4v) is 0.617. The first-order valence-corrected chi connectivity index (χ1v) is 4.11. The molecule has 0 atom stereocenters. The molecule has 0 unspecified atom stereocenters. The summed E-state index contributed by atoms with van der Waals surface area (Å²) in [6.45, 7) is 0.593. The second-order valence-corrected chi connectivity index (χ2v) is 2.30. The van der Waals surface area contributed by atoms with Crippen molar-refractivity contribution in [1.82, 2.24) is 0 Å². The van der Waals surface area contributed by atoms with E-state index in [-0.39, 0.29) is 13.2 Å². The second-order valence-electron chi connectivity index (χ2n) is 2.30. The maximum absolute atomic E-state index is 9.89. The molecule has 2 N–H and O–H groups in total. The lowest BCUT2D eigenvalue weighted by Gasteiger charge is -2.00. The Labute approximate surface area is 85.9 Å². The molecular formula is C8H12O7. The molecule has 0 heterocycles. The van der Waals surface area contributed by atoms with Gasteiger partial charge in [0.2, 0.25) is 0 Å². The molecule has 0 bridgehead atoms. The topological polar surface area (TPSA) is 102 Å². The van der Waals surface area contributed by atoms with Crippen molar-refractivity contribution < 1.29 is 34.0 Å². The summed E-state index contributed by atoms with van der Waals surface area (Å²) in [6, 6.07) is 0. The van der Waals surface area contributed by atoms with Gasteiger partial charge in [0.05, 0.1) is 26.1 Å². The Bertz CT molecular complexity index is 223. The van der Waals surface area contributed by atoms with E-state index in [9.17, 15) is 9.59 Å². The largest absolute Gasteiger partial charge is 0.510 e. The van der Waals surface area contributed by atoms with Gasteiger partial charge in [-0.1, -0.05) is 0 Å². The lowest BCUT2D eigenvalue weighted by molar-refractivity contribution is 0.0771. The third kappa shape index (κ3) is 12.2. The minimum Gasteiger partial charge on any atom is -0.450 e. The number of carbonyl (C=O) groups is 2. The molecule has 0 amide bonds. The molecule has 0 radical (unpaired) electrons. The molecule has 0 aromatic heterocycles. The van der Waals surface area contributed by atoms with Crippen molar-refractivity contribution in [2.75, 3.05) is 19.8 Å². The van der Waals surface area contributed by atoms with Gasteiger partial charge in [0.1, 0.15) is 0 Å². The molecule has 0 aliphatic rings. The summed E-state index contributed by atoms with van der Waals surface area (Å²) in [7, 11) is 0. The molecule has 0 saturated heterocycles. The van der Waals surface area contributed by atoms with Crippen LogP contribution >= 0.6 is 0 Å². The van der Waals surface area contributed by atoms with Crippen LogP contribution in [0.2, 0.25) is 0 Å². The van der Waals surface area contributed by atoms with Gasteiger partial charge in [0.25, 0.3) is 0 Å². The number of rotatable bonds is 7.